The summed E-state index contributed by atoms with van der Waals surface area (Å²) in [5.74, 6) is 0.289. The minimum absolute atomic E-state index is 0.241. The molecule has 3 rings (SSSR count). The number of rotatable bonds is 3. The van der Waals surface area contributed by atoms with Gasteiger partial charge in [-0.05, 0) is 29.8 Å². The van der Waals surface area contributed by atoms with Crippen molar-refractivity contribution in [1.82, 2.24) is 4.98 Å². The van der Waals surface area contributed by atoms with Gasteiger partial charge >= 0.3 is 5.97 Å². The number of oxazole rings is 1. The first-order valence-electron chi connectivity index (χ1n) is 6.28. The number of nitrogens with zero attached hydrogens (tertiary/aromatic N) is 1. The molecule has 0 aliphatic carbocycles. The summed E-state index contributed by atoms with van der Waals surface area (Å²) < 4.78 is 10.4. The van der Waals surface area contributed by atoms with Crippen molar-refractivity contribution in [3.8, 4) is 11.5 Å². The van der Waals surface area contributed by atoms with Crippen LogP contribution in [0.25, 0.3) is 22.6 Å². The summed E-state index contributed by atoms with van der Waals surface area (Å²) in [4.78, 5) is 15.7. The van der Waals surface area contributed by atoms with E-state index in [1.807, 2.05) is 48.5 Å². The van der Waals surface area contributed by atoms with Gasteiger partial charge in [-0.1, -0.05) is 24.3 Å². The Labute approximate surface area is 116 Å². The molecule has 0 saturated carbocycles. The maximum atomic E-state index is 11.3. The molecule has 1 heterocycles. The number of carbonyl (C=O) groups is 1. The van der Waals surface area contributed by atoms with Crippen molar-refractivity contribution >= 4 is 17.1 Å². The van der Waals surface area contributed by atoms with Crippen LogP contribution in [0.2, 0.25) is 0 Å². The zero-order valence-corrected chi connectivity index (χ0v) is 11.0. The van der Waals surface area contributed by atoms with Crippen LogP contribution in [0, 0.1) is 0 Å². The second kappa shape index (κ2) is 5.17. The number of para-hydroxylation sites is 2. The van der Waals surface area contributed by atoms with Crippen LogP contribution in [-0.2, 0) is 16.0 Å². The van der Waals surface area contributed by atoms with Gasteiger partial charge in [-0.3, -0.25) is 4.79 Å². The number of methoxy groups -OCH3 is 1. The lowest BCUT2D eigenvalue weighted by molar-refractivity contribution is -0.139. The number of hydrogen-bond donors (Lipinski definition) is 0. The first-order valence-corrected chi connectivity index (χ1v) is 6.28. The predicted molar refractivity (Wildman–Crippen MR) is 75.2 cm³/mol. The van der Waals surface area contributed by atoms with Gasteiger partial charge in [-0.2, -0.15) is 0 Å². The van der Waals surface area contributed by atoms with Gasteiger partial charge in [-0.25, -0.2) is 4.98 Å². The first kappa shape index (κ1) is 12.4. The van der Waals surface area contributed by atoms with Crippen LogP contribution in [0.15, 0.2) is 52.9 Å². The molecule has 20 heavy (non-hydrogen) atoms. The maximum absolute atomic E-state index is 11.3. The molecule has 0 aliphatic rings. The summed E-state index contributed by atoms with van der Waals surface area (Å²) in [6, 6.07) is 15.2. The summed E-state index contributed by atoms with van der Waals surface area (Å²) in [6.07, 6.45) is 0.241. The molecular weight excluding hydrogens is 254 g/mol. The number of hydrogen-bond acceptors (Lipinski definition) is 4. The molecule has 3 aromatic rings. The molecule has 0 bridgehead atoms. The third-order valence-corrected chi connectivity index (χ3v) is 3.04. The molecule has 0 fully saturated rings. The van der Waals surface area contributed by atoms with Crippen LogP contribution in [-0.4, -0.2) is 18.1 Å². The summed E-state index contributed by atoms with van der Waals surface area (Å²) in [5, 5.41) is 0. The molecule has 2 aromatic carbocycles. The van der Waals surface area contributed by atoms with Gasteiger partial charge in [0, 0.05) is 5.56 Å². The summed E-state index contributed by atoms with van der Waals surface area (Å²) in [7, 11) is 1.38. The van der Waals surface area contributed by atoms with Crippen LogP contribution in [0.3, 0.4) is 0 Å². The quantitative estimate of drug-likeness (QED) is 0.684. The molecular formula is C16H13NO3. The molecule has 0 spiro atoms. The van der Waals surface area contributed by atoms with E-state index in [4.69, 9.17) is 4.42 Å². The van der Waals surface area contributed by atoms with Gasteiger partial charge in [0.2, 0.25) is 5.89 Å². The monoisotopic (exact) mass is 267 g/mol. The van der Waals surface area contributed by atoms with Crippen molar-refractivity contribution in [2.24, 2.45) is 0 Å². The number of carbonyl (C=O) groups excluding carboxylic acids is 1. The number of esters is 1. The molecule has 0 saturated heterocycles. The Kier molecular flexibility index (Phi) is 3.21. The Morgan fingerprint density at radius 2 is 2.05 bits per heavy atom. The second-order valence-electron chi connectivity index (χ2n) is 4.44. The van der Waals surface area contributed by atoms with Crippen LogP contribution >= 0.6 is 0 Å². The normalized spacial score (nSPS) is 10.7. The van der Waals surface area contributed by atoms with E-state index in [1.165, 1.54) is 7.11 Å². The second-order valence-corrected chi connectivity index (χ2v) is 4.44. The highest BCUT2D eigenvalue weighted by molar-refractivity contribution is 5.77. The summed E-state index contributed by atoms with van der Waals surface area (Å²) in [6.45, 7) is 0. The lowest BCUT2D eigenvalue weighted by atomic mass is 10.1. The third-order valence-electron chi connectivity index (χ3n) is 3.04. The zero-order valence-electron chi connectivity index (χ0n) is 11.0. The van der Waals surface area contributed by atoms with E-state index in [0.717, 1.165) is 22.2 Å². The average molecular weight is 267 g/mol. The van der Waals surface area contributed by atoms with E-state index in [9.17, 15) is 4.79 Å². The largest absolute Gasteiger partial charge is 0.469 e. The molecule has 0 N–H and O–H groups in total. The van der Waals surface area contributed by atoms with Gasteiger partial charge in [0.25, 0.3) is 0 Å². The fourth-order valence-corrected chi connectivity index (χ4v) is 2.05. The van der Waals surface area contributed by atoms with Gasteiger partial charge in [0.15, 0.2) is 5.58 Å². The Hall–Kier alpha value is -2.62. The molecule has 4 heteroatoms. The molecule has 100 valence electrons. The topological polar surface area (TPSA) is 52.3 Å². The zero-order chi connectivity index (χ0) is 13.9. The van der Waals surface area contributed by atoms with E-state index in [2.05, 4.69) is 9.72 Å². The average Bonchev–Trinajstić information content (AvgIpc) is 2.91. The standard InChI is InChI=1S/C16H13NO3/c1-19-15(18)10-11-5-4-6-12(9-11)16-17-13-7-2-3-8-14(13)20-16/h2-9H,10H2,1H3. The van der Waals surface area contributed by atoms with E-state index < -0.39 is 0 Å². The number of benzene rings is 2. The number of ether oxygens (including phenoxy) is 1. The predicted octanol–water partition coefficient (Wildman–Crippen LogP) is 3.21. The van der Waals surface area contributed by atoms with Crippen LogP contribution in [0.5, 0.6) is 0 Å². The first-order chi connectivity index (χ1) is 9.76. The maximum Gasteiger partial charge on any atom is 0.309 e. The van der Waals surface area contributed by atoms with Crippen molar-refractivity contribution in [2.75, 3.05) is 7.11 Å². The lowest BCUT2D eigenvalue weighted by Gasteiger charge is -2.01. The van der Waals surface area contributed by atoms with Crippen LogP contribution in [0.1, 0.15) is 5.56 Å². The smallest absolute Gasteiger partial charge is 0.309 e. The highest BCUT2D eigenvalue weighted by Crippen LogP contribution is 2.24. The van der Waals surface area contributed by atoms with Crippen molar-refractivity contribution < 1.29 is 13.9 Å². The minimum Gasteiger partial charge on any atom is -0.469 e. The van der Waals surface area contributed by atoms with E-state index >= 15 is 0 Å². The fraction of sp³-hybridized carbons (Fsp3) is 0.125. The highest BCUT2D eigenvalue weighted by Gasteiger charge is 2.09. The van der Waals surface area contributed by atoms with Gasteiger partial charge in [-0.15, -0.1) is 0 Å². The Morgan fingerprint density at radius 1 is 1.20 bits per heavy atom. The van der Waals surface area contributed by atoms with Crippen molar-refractivity contribution in [1.29, 1.82) is 0 Å². The van der Waals surface area contributed by atoms with Gasteiger partial charge < -0.3 is 9.15 Å². The van der Waals surface area contributed by atoms with Crippen molar-refractivity contribution in [2.45, 2.75) is 6.42 Å². The molecule has 0 radical (unpaired) electrons. The Bertz CT molecular complexity index is 728. The van der Waals surface area contributed by atoms with E-state index in [-0.39, 0.29) is 12.4 Å². The molecule has 0 amide bonds. The number of fused-ring (bicyclic) bond motifs is 1. The van der Waals surface area contributed by atoms with E-state index in [0.29, 0.717) is 5.89 Å². The lowest BCUT2D eigenvalue weighted by Crippen LogP contribution is -2.04. The molecule has 0 unspecified atom stereocenters. The fourth-order valence-electron chi connectivity index (χ4n) is 2.05. The van der Waals surface area contributed by atoms with Crippen molar-refractivity contribution in [3.63, 3.8) is 0 Å². The van der Waals surface area contributed by atoms with Crippen LogP contribution in [0.4, 0.5) is 0 Å². The Morgan fingerprint density at radius 3 is 2.85 bits per heavy atom. The van der Waals surface area contributed by atoms with Gasteiger partial charge in [0.05, 0.1) is 13.5 Å². The van der Waals surface area contributed by atoms with E-state index in [1.54, 1.807) is 0 Å². The Balaban J connectivity index is 1.97. The molecule has 0 aliphatic heterocycles. The third kappa shape index (κ3) is 2.40. The van der Waals surface area contributed by atoms with Crippen molar-refractivity contribution in [3.05, 3.63) is 54.1 Å². The molecule has 1 aromatic heterocycles. The highest BCUT2D eigenvalue weighted by atomic mass is 16.5. The number of aromatic nitrogens is 1. The van der Waals surface area contributed by atoms with Crippen LogP contribution < -0.4 is 0 Å². The minimum atomic E-state index is -0.264. The SMILES string of the molecule is COC(=O)Cc1cccc(-c2nc3ccccc3o2)c1. The van der Waals surface area contributed by atoms with Gasteiger partial charge in [0.1, 0.15) is 5.52 Å². The summed E-state index contributed by atoms with van der Waals surface area (Å²) in [5.41, 5.74) is 3.29. The molecule has 0 atom stereocenters. The molecule has 4 nitrogen and oxygen atoms in total. The summed E-state index contributed by atoms with van der Waals surface area (Å²) >= 11 is 0.